The first-order valence-corrected chi connectivity index (χ1v) is 29.9. The molecule has 484 valence electrons. The van der Waals surface area contributed by atoms with Crippen LogP contribution in [0.25, 0.3) is 0 Å². The molecule has 25 heteroatoms. The summed E-state index contributed by atoms with van der Waals surface area (Å²) in [5.74, 6) is -9.12. The minimum atomic E-state index is -2.10. The van der Waals surface area contributed by atoms with Gasteiger partial charge >= 0.3 is 48.1 Å². The summed E-state index contributed by atoms with van der Waals surface area (Å²) in [5, 5.41) is 35.3. The maximum atomic E-state index is 15.1. The third-order valence-corrected chi connectivity index (χ3v) is 21.8. The van der Waals surface area contributed by atoms with E-state index < -0.39 is 189 Å². The third-order valence-electron chi connectivity index (χ3n) is 21.8. The van der Waals surface area contributed by atoms with Crippen molar-refractivity contribution in [2.24, 2.45) is 39.4 Å². The summed E-state index contributed by atoms with van der Waals surface area (Å²) in [6, 6.07) is 16.1. The molecule has 4 saturated carbocycles. The Morgan fingerprint density at radius 1 is 0.511 bits per heavy atom. The van der Waals surface area contributed by atoms with E-state index >= 15 is 4.79 Å². The SMILES string of the molecule is CC(=O)O[C@H]1C(=O)[C@]2(C)[C@@H](C)CC3OC[C@@]3(OC(C)=O)[C@H]2[C@H](OC(=O)c2ccccc2)[C@]23OC(=O)O[C@H]2[C@H](O)C(C)=C1C3(C)C.CC(=O)O[C@H]1C(=O)[C@]2(C)[C@@H](O)CC3OC[C@@]3(OC(C)=O)[C@H]2[C@H](OC(=O)c2ccccc2)[C@]23OC(=O)O[C@H]2[C@H](O)C(C)=C1C3(C)C. The van der Waals surface area contributed by atoms with Gasteiger partial charge in [0.05, 0.1) is 47.7 Å². The van der Waals surface area contributed by atoms with E-state index in [1.807, 2.05) is 6.92 Å². The molecule has 2 unspecified atom stereocenters. The van der Waals surface area contributed by atoms with Crippen LogP contribution in [0.4, 0.5) is 9.59 Å². The lowest BCUT2D eigenvalue weighted by Gasteiger charge is -2.67. The molecule has 2 spiro atoms. The fraction of sp³-hybridized carbons (Fsp3) is 0.600. The molecule has 0 aromatic heterocycles. The number of carbonyl (C=O) groups excluding carboxylic acids is 10. The minimum absolute atomic E-state index is 0.103. The Bertz CT molecular complexity index is 3260. The number of Topliss-reactive ketones (excluding diaryl/α,β-unsaturated/α-hetero) is 2. The molecule has 4 bridgehead atoms. The molecular weight excluding hydrogens is 1180 g/mol. The first-order chi connectivity index (χ1) is 42.1. The van der Waals surface area contributed by atoms with E-state index in [-0.39, 0.29) is 59.5 Å². The Morgan fingerprint density at radius 2 is 0.878 bits per heavy atom. The lowest BCUT2D eigenvalue weighted by atomic mass is 9.43. The number of esters is 6. The van der Waals surface area contributed by atoms with E-state index in [9.17, 15) is 58.5 Å². The van der Waals surface area contributed by atoms with Crippen molar-refractivity contribution >= 4 is 59.7 Å². The lowest BCUT2D eigenvalue weighted by molar-refractivity contribution is -0.345. The van der Waals surface area contributed by atoms with E-state index in [4.69, 9.17) is 56.8 Å². The van der Waals surface area contributed by atoms with Crippen molar-refractivity contribution in [1.29, 1.82) is 0 Å². The first kappa shape index (κ1) is 64.0. The Balaban J connectivity index is 0.000000185. The Morgan fingerprint density at radius 3 is 1.23 bits per heavy atom. The molecular formula is C65H74O25. The third kappa shape index (κ3) is 8.63. The van der Waals surface area contributed by atoms with Gasteiger partial charge in [0.15, 0.2) is 59.4 Å². The van der Waals surface area contributed by atoms with E-state index in [0.717, 1.165) is 6.92 Å². The molecule has 4 heterocycles. The molecule has 90 heavy (non-hydrogen) atoms. The molecule has 4 saturated heterocycles. The van der Waals surface area contributed by atoms with Crippen LogP contribution in [0.5, 0.6) is 0 Å². The monoisotopic (exact) mass is 1250 g/mol. The number of rotatable bonds is 8. The smallest absolute Gasteiger partial charge is 0.454 e. The van der Waals surface area contributed by atoms with E-state index in [1.165, 1.54) is 46.8 Å². The second-order valence-corrected chi connectivity index (χ2v) is 26.9. The molecule has 6 aliphatic carbocycles. The molecule has 3 N–H and O–H groups in total. The molecule has 0 radical (unpaired) electrons. The zero-order valence-electron chi connectivity index (χ0n) is 52.0. The highest BCUT2D eigenvalue weighted by Gasteiger charge is 2.85. The van der Waals surface area contributed by atoms with Crippen LogP contribution < -0.4 is 0 Å². The zero-order chi connectivity index (χ0) is 65.7. The fourth-order valence-electron chi connectivity index (χ4n) is 17.6. The molecule has 4 aliphatic heterocycles. The predicted molar refractivity (Wildman–Crippen MR) is 302 cm³/mol. The maximum absolute atomic E-state index is 15.1. The summed E-state index contributed by atoms with van der Waals surface area (Å²) in [4.78, 5) is 135. The zero-order valence-corrected chi connectivity index (χ0v) is 52.0. The first-order valence-electron chi connectivity index (χ1n) is 29.9. The normalized spacial score (nSPS) is 41.0. The van der Waals surface area contributed by atoms with Crippen molar-refractivity contribution in [3.8, 4) is 0 Å². The molecule has 25 nitrogen and oxygen atoms in total. The average Bonchev–Trinajstić information content (AvgIpc) is 1.05. The Kier molecular flexibility index (Phi) is 15.3. The number of benzene rings is 2. The summed E-state index contributed by atoms with van der Waals surface area (Å²) in [6.07, 6.45) is -17.8. The molecule has 2 aromatic carbocycles. The molecule has 0 amide bonds. The van der Waals surface area contributed by atoms with Crippen molar-refractivity contribution in [2.75, 3.05) is 13.2 Å². The number of ether oxygens (including phenoxy) is 12. The number of aliphatic hydroxyl groups is 3. The van der Waals surface area contributed by atoms with Crippen LogP contribution in [0.2, 0.25) is 0 Å². The van der Waals surface area contributed by atoms with Crippen LogP contribution in [-0.2, 0) is 85.6 Å². The summed E-state index contributed by atoms with van der Waals surface area (Å²) >= 11 is 0. The van der Waals surface area contributed by atoms with Gasteiger partial charge in [0.25, 0.3) is 0 Å². The lowest BCUT2D eigenvalue weighted by Crippen LogP contribution is -2.83. The highest BCUT2D eigenvalue weighted by atomic mass is 16.8. The quantitative estimate of drug-likeness (QED) is 0.180. The van der Waals surface area contributed by atoms with Gasteiger partial charge in [-0.1, -0.05) is 77.9 Å². The van der Waals surface area contributed by atoms with Crippen molar-refractivity contribution < 1.29 is 120 Å². The van der Waals surface area contributed by atoms with Crippen molar-refractivity contribution in [3.63, 3.8) is 0 Å². The van der Waals surface area contributed by atoms with Gasteiger partial charge in [0, 0.05) is 50.4 Å². The van der Waals surface area contributed by atoms with Crippen LogP contribution >= 0.6 is 0 Å². The molecule has 10 aliphatic rings. The van der Waals surface area contributed by atoms with Gasteiger partial charge in [-0.3, -0.25) is 28.8 Å². The van der Waals surface area contributed by atoms with Crippen molar-refractivity contribution in [3.05, 3.63) is 94.1 Å². The fourth-order valence-corrected chi connectivity index (χ4v) is 17.6. The predicted octanol–water partition coefficient (Wildman–Crippen LogP) is 4.89. The van der Waals surface area contributed by atoms with Crippen LogP contribution in [0, 0.1) is 39.4 Å². The summed E-state index contributed by atoms with van der Waals surface area (Å²) in [5.41, 5.74) is -12.7. The van der Waals surface area contributed by atoms with Crippen LogP contribution in [0.15, 0.2) is 83.0 Å². The Labute approximate surface area is 517 Å². The number of carbonyl (C=O) groups is 10. The second-order valence-electron chi connectivity index (χ2n) is 26.9. The molecule has 20 atom stereocenters. The molecule has 8 fully saturated rings. The van der Waals surface area contributed by atoms with Gasteiger partial charge in [-0.05, 0) is 79.7 Å². The van der Waals surface area contributed by atoms with Crippen LogP contribution in [-0.4, -0.2) is 178 Å². The molecule has 12 rings (SSSR count). The van der Waals surface area contributed by atoms with Gasteiger partial charge in [-0.2, -0.15) is 0 Å². The van der Waals surface area contributed by atoms with Crippen LogP contribution in [0.3, 0.4) is 0 Å². The number of aliphatic hydroxyl groups excluding tert-OH is 3. The van der Waals surface area contributed by atoms with Gasteiger partial charge in [0.1, 0.15) is 24.4 Å². The van der Waals surface area contributed by atoms with E-state index in [2.05, 4.69) is 0 Å². The second kappa shape index (κ2) is 21.5. The number of ketones is 2. The summed E-state index contributed by atoms with van der Waals surface area (Å²) in [7, 11) is 0. The van der Waals surface area contributed by atoms with Crippen molar-refractivity contribution in [2.45, 2.75) is 192 Å². The summed E-state index contributed by atoms with van der Waals surface area (Å²) < 4.78 is 71.6. The minimum Gasteiger partial charge on any atom is -0.454 e. The van der Waals surface area contributed by atoms with Gasteiger partial charge in [0.2, 0.25) is 11.2 Å². The van der Waals surface area contributed by atoms with E-state index in [0.29, 0.717) is 0 Å². The number of fused-ring (bicyclic) bond motifs is 8. The summed E-state index contributed by atoms with van der Waals surface area (Å²) in [6.45, 7) is 18.9. The average molecular weight is 1260 g/mol. The van der Waals surface area contributed by atoms with Gasteiger partial charge < -0.3 is 72.2 Å². The van der Waals surface area contributed by atoms with Gasteiger partial charge in [-0.15, -0.1) is 0 Å². The van der Waals surface area contributed by atoms with E-state index in [1.54, 1.807) is 90.1 Å². The number of hydrogen-bond donors (Lipinski definition) is 3. The van der Waals surface area contributed by atoms with Crippen LogP contribution in [0.1, 0.15) is 124 Å². The van der Waals surface area contributed by atoms with Crippen molar-refractivity contribution in [1.82, 2.24) is 0 Å². The largest absolute Gasteiger partial charge is 0.509 e. The highest BCUT2D eigenvalue weighted by Crippen LogP contribution is 2.69. The maximum Gasteiger partial charge on any atom is 0.509 e. The highest BCUT2D eigenvalue weighted by molar-refractivity contribution is 5.97. The Hall–Kier alpha value is -7.58. The topological polar surface area (TPSA) is 342 Å². The molecule has 2 aromatic rings. The standard InChI is InChI=1S/C33H38O12.C32H36O13/c1-15-13-20-32(14-40-20,44-18(4)35)24-27(42-28(38)19-11-9-8-10-12-19)33-26(43-29(39)45-33)22(36)16(2)21(30(33,5)6)23(41-17(3)34)25(37)31(15,24)7;1-14-20-22(41-15(2)33)24(37)30(6)18(35)12-19-31(13-40-19,44-16(3)34)23(30)26(42-27(38)17-10-8-7-9-11-17)32(29(20,4)5)25(21(14)36)43-28(39)45-32/h8-12,15,20,22-24,26-27,36H,13-14H2,1-7H3;7-11,18-19,21-23,25-26,35-36H,12-13H2,1-6H3/t15-,20?,22+,23+,24-,26-,27-,31+,32-,33+;18-,19?,21+,22+,23-,25-,26-,30+,31-,32+/m00/s1. The number of hydrogen-bond acceptors (Lipinski definition) is 25. The van der Waals surface area contributed by atoms with Gasteiger partial charge in [-0.25, -0.2) is 19.2 Å².